The minimum absolute atomic E-state index is 0.00816. The predicted molar refractivity (Wildman–Crippen MR) is 157 cm³/mol. The Hall–Kier alpha value is -4.42. The highest BCUT2D eigenvalue weighted by Crippen LogP contribution is 2.44. The number of alkyl halides is 3. The number of hydrogen-bond acceptors (Lipinski definition) is 6. The fraction of sp³-hybridized carbons (Fsp3) is 0.344. The van der Waals surface area contributed by atoms with Crippen LogP contribution in [0.5, 0.6) is 5.75 Å². The summed E-state index contributed by atoms with van der Waals surface area (Å²) in [7, 11) is 0. The SMILES string of the molecule is O=C(O)CCc1cccc(OC2CCN(CC(O)(c3cn(Cc4ccccc4)c4cc([N+](=O)[O-])ccc34)C(F)(F)F)CC2)c1. The van der Waals surface area contributed by atoms with Crippen LogP contribution in [0.3, 0.4) is 0 Å². The van der Waals surface area contributed by atoms with Crippen LogP contribution in [0.4, 0.5) is 18.9 Å². The average Bonchev–Trinajstić information content (AvgIpc) is 3.35. The highest BCUT2D eigenvalue weighted by Gasteiger charge is 2.57. The average molecular weight is 612 g/mol. The van der Waals surface area contributed by atoms with Gasteiger partial charge in [0.25, 0.3) is 5.69 Å². The number of aliphatic carboxylic acids is 1. The summed E-state index contributed by atoms with van der Waals surface area (Å²) in [6, 6.07) is 19.8. The molecule has 1 unspecified atom stereocenters. The molecule has 0 aliphatic carbocycles. The van der Waals surface area contributed by atoms with Crippen molar-refractivity contribution in [1.82, 2.24) is 9.47 Å². The summed E-state index contributed by atoms with van der Waals surface area (Å²) < 4.78 is 51.9. The summed E-state index contributed by atoms with van der Waals surface area (Å²) in [5, 5.41) is 32.0. The van der Waals surface area contributed by atoms with E-state index in [2.05, 4.69) is 0 Å². The summed E-state index contributed by atoms with van der Waals surface area (Å²) in [6.07, 6.45) is -2.84. The highest BCUT2D eigenvalue weighted by atomic mass is 19.4. The third-order valence-electron chi connectivity index (χ3n) is 8.00. The summed E-state index contributed by atoms with van der Waals surface area (Å²) in [5.41, 5.74) is -2.04. The number of rotatable bonds is 11. The molecular weight excluding hydrogens is 579 g/mol. The molecule has 1 aliphatic rings. The number of carboxylic acid groups (broad SMARTS) is 1. The quantitative estimate of drug-likeness (QED) is 0.160. The first kappa shape index (κ1) is 31.0. The number of aryl methyl sites for hydroxylation is 1. The number of hydrogen-bond donors (Lipinski definition) is 2. The lowest BCUT2D eigenvalue weighted by molar-refractivity contribution is -0.384. The van der Waals surface area contributed by atoms with Crippen LogP contribution in [0.25, 0.3) is 10.9 Å². The number of halogens is 3. The smallest absolute Gasteiger partial charge is 0.422 e. The Balaban J connectivity index is 1.36. The maximum atomic E-state index is 14.8. The van der Waals surface area contributed by atoms with E-state index in [1.807, 2.05) is 12.1 Å². The van der Waals surface area contributed by atoms with Crippen LogP contribution in [0.2, 0.25) is 0 Å². The number of likely N-dealkylation sites (tertiary alicyclic amines) is 1. The number of fused-ring (bicyclic) bond motifs is 1. The van der Waals surface area contributed by atoms with E-state index in [-0.39, 0.29) is 54.3 Å². The van der Waals surface area contributed by atoms with Crippen molar-refractivity contribution in [1.29, 1.82) is 0 Å². The van der Waals surface area contributed by atoms with Gasteiger partial charge in [-0.1, -0.05) is 42.5 Å². The molecule has 0 spiro atoms. The van der Waals surface area contributed by atoms with Gasteiger partial charge in [0.15, 0.2) is 0 Å². The maximum Gasteiger partial charge on any atom is 0.422 e. The molecule has 1 saturated heterocycles. The largest absolute Gasteiger partial charge is 0.490 e. The van der Waals surface area contributed by atoms with E-state index in [9.17, 15) is 33.2 Å². The normalized spacial score (nSPS) is 16.1. The zero-order valence-corrected chi connectivity index (χ0v) is 23.7. The summed E-state index contributed by atoms with van der Waals surface area (Å²) >= 11 is 0. The van der Waals surface area contributed by atoms with Gasteiger partial charge in [-0.15, -0.1) is 0 Å². The Kier molecular flexibility index (Phi) is 8.93. The Labute approximate surface area is 251 Å². The number of carboxylic acids is 1. The van der Waals surface area contributed by atoms with E-state index in [1.54, 1.807) is 47.4 Å². The van der Waals surface area contributed by atoms with Crippen molar-refractivity contribution in [3.05, 3.63) is 106 Å². The number of aliphatic hydroxyl groups is 1. The molecule has 9 nitrogen and oxygen atoms in total. The van der Waals surface area contributed by atoms with E-state index in [0.717, 1.165) is 17.2 Å². The van der Waals surface area contributed by atoms with Crippen molar-refractivity contribution >= 4 is 22.6 Å². The van der Waals surface area contributed by atoms with Gasteiger partial charge in [0.05, 0.1) is 10.4 Å². The van der Waals surface area contributed by atoms with Crippen molar-refractivity contribution in [3.8, 4) is 5.75 Å². The molecule has 0 saturated carbocycles. The topological polar surface area (TPSA) is 118 Å². The molecule has 1 fully saturated rings. The first-order valence-electron chi connectivity index (χ1n) is 14.2. The van der Waals surface area contributed by atoms with Gasteiger partial charge >= 0.3 is 12.1 Å². The number of non-ortho nitro benzene ring substituents is 1. The van der Waals surface area contributed by atoms with Gasteiger partial charge in [-0.2, -0.15) is 13.2 Å². The molecule has 2 heterocycles. The van der Waals surface area contributed by atoms with E-state index >= 15 is 0 Å². The lowest BCUT2D eigenvalue weighted by Crippen LogP contribution is -2.53. The summed E-state index contributed by atoms with van der Waals surface area (Å²) in [4.78, 5) is 23.3. The maximum absolute atomic E-state index is 14.8. The lowest BCUT2D eigenvalue weighted by Gasteiger charge is -2.39. The van der Waals surface area contributed by atoms with Crippen molar-refractivity contribution < 1.29 is 37.8 Å². The number of piperidine rings is 1. The van der Waals surface area contributed by atoms with Gasteiger partial charge < -0.3 is 19.5 Å². The van der Waals surface area contributed by atoms with Crippen LogP contribution in [-0.2, 0) is 23.4 Å². The first-order valence-corrected chi connectivity index (χ1v) is 14.2. The molecule has 4 aromatic rings. The molecule has 0 bridgehead atoms. The molecule has 0 radical (unpaired) electrons. The van der Waals surface area contributed by atoms with Crippen molar-refractivity contribution in [3.63, 3.8) is 0 Å². The van der Waals surface area contributed by atoms with Crippen LogP contribution < -0.4 is 4.74 Å². The number of nitro groups is 1. The van der Waals surface area contributed by atoms with E-state index < -0.39 is 29.2 Å². The Morgan fingerprint density at radius 1 is 1.00 bits per heavy atom. The number of benzene rings is 3. The number of nitrogens with zero attached hydrogens (tertiary/aromatic N) is 3. The van der Waals surface area contributed by atoms with Gasteiger partial charge in [-0.25, -0.2) is 0 Å². The van der Waals surface area contributed by atoms with Crippen LogP contribution in [-0.4, -0.2) is 62.5 Å². The van der Waals surface area contributed by atoms with Gasteiger partial charge in [-0.05, 0) is 48.6 Å². The fourth-order valence-electron chi connectivity index (χ4n) is 5.69. The molecule has 12 heteroatoms. The third kappa shape index (κ3) is 6.87. The molecule has 1 atom stereocenters. The van der Waals surface area contributed by atoms with Crippen molar-refractivity contribution in [2.75, 3.05) is 19.6 Å². The molecule has 3 aromatic carbocycles. The molecule has 0 amide bonds. The highest BCUT2D eigenvalue weighted by molar-refractivity contribution is 5.87. The third-order valence-corrected chi connectivity index (χ3v) is 8.00. The van der Waals surface area contributed by atoms with Gasteiger partial charge in [-0.3, -0.25) is 19.8 Å². The monoisotopic (exact) mass is 611 g/mol. The van der Waals surface area contributed by atoms with E-state index in [4.69, 9.17) is 9.84 Å². The van der Waals surface area contributed by atoms with Crippen LogP contribution >= 0.6 is 0 Å². The van der Waals surface area contributed by atoms with Gasteiger partial charge in [0.1, 0.15) is 11.9 Å². The summed E-state index contributed by atoms with van der Waals surface area (Å²) in [5.74, 6) is -0.331. The first-order chi connectivity index (χ1) is 20.9. The number of β-amino-alcohol motifs (C(OH)–C–C–N with tert-alkyl or cyclic N) is 1. The van der Waals surface area contributed by atoms with Crippen LogP contribution in [0, 0.1) is 10.1 Å². The molecule has 44 heavy (non-hydrogen) atoms. The van der Waals surface area contributed by atoms with Gasteiger partial charge in [0, 0.05) is 61.9 Å². The second-order valence-electron chi connectivity index (χ2n) is 11.1. The molecule has 2 N–H and O–H groups in total. The molecule has 5 rings (SSSR count). The predicted octanol–water partition coefficient (Wildman–Crippen LogP) is 5.91. The van der Waals surface area contributed by atoms with E-state index in [0.29, 0.717) is 25.0 Å². The van der Waals surface area contributed by atoms with Crippen molar-refractivity contribution in [2.24, 2.45) is 0 Å². The number of aromatic nitrogens is 1. The second-order valence-corrected chi connectivity index (χ2v) is 11.1. The Morgan fingerprint density at radius 2 is 1.70 bits per heavy atom. The number of nitro benzene ring substituents is 1. The Morgan fingerprint density at radius 3 is 2.36 bits per heavy atom. The van der Waals surface area contributed by atoms with E-state index in [1.165, 1.54) is 22.9 Å². The van der Waals surface area contributed by atoms with Gasteiger partial charge in [0.2, 0.25) is 5.60 Å². The second kappa shape index (κ2) is 12.7. The number of ether oxygens (including phenoxy) is 1. The lowest BCUT2D eigenvalue weighted by atomic mass is 9.91. The molecule has 1 aromatic heterocycles. The standard InChI is InChI=1S/C32H32F3N3O6/c33-32(34,35)31(41,21-36-15-13-25(14-16-36)44-26-8-4-7-22(17-26)9-12-30(39)40)28-20-37(19-23-5-2-1-3-6-23)29-18-24(38(42)43)10-11-27(28)29/h1-8,10-11,17-18,20,25,41H,9,12-16,19,21H2,(H,39,40). The molecule has 1 aliphatic heterocycles. The molecule has 232 valence electrons. The fourth-order valence-corrected chi connectivity index (χ4v) is 5.69. The summed E-state index contributed by atoms with van der Waals surface area (Å²) in [6.45, 7) is -0.0617. The minimum Gasteiger partial charge on any atom is -0.490 e. The zero-order chi connectivity index (χ0) is 31.5. The van der Waals surface area contributed by atoms with Crippen molar-refractivity contribution in [2.45, 2.75) is 50.1 Å². The molecular formula is C32H32F3N3O6. The number of carbonyl (C=O) groups is 1. The van der Waals surface area contributed by atoms with Crippen LogP contribution in [0.15, 0.2) is 79.0 Å². The van der Waals surface area contributed by atoms with Crippen LogP contribution in [0.1, 0.15) is 36.0 Å². The Bertz CT molecular complexity index is 1630. The minimum atomic E-state index is -5.04. The zero-order valence-electron chi connectivity index (χ0n) is 23.7.